The fourth-order valence-corrected chi connectivity index (χ4v) is 6.12. The number of hydrogen-bond donors (Lipinski definition) is 1. The molecule has 1 aromatic carbocycles. The smallest absolute Gasteiger partial charge is 0.230 e. The summed E-state index contributed by atoms with van der Waals surface area (Å²) in [5, 5.41) is 11.6. The third-order valence-electron chi connectivity index (χ3n) is 5.89. The molecule has 4 aliphatic carbocycles. The van der Waals surface area contributed by atoms with Crippen molar-refractivity contribution in [2.45, 2.75) is 43.4 Å². The molecule has 5 heteroatoms. The van der Waals surface area contributed by atoms with Gasteiger partial charge in [-0.25, -0.2) is 0 Å². The van der Waals surface area contributed by atoms with Gasteiger partial charge in [-0.15, -0.1) is 11.6 Å². The summed E-state index contributed by atoms with van der Waals surface area (Å²) >= 11 is 6.81. The van der Waals surface area contributed by atoms with Gasteiger partial charge in [0, 0.05) is 10.6 Å². The minimum absolute atomic E-state index is 0.0232. The molecule has 0 radical (unpaired) electrons. The number of ether oxygens (including phenoxy) is 1. The lowest BCUT2D eigenvalue weighted by Crippen LogP contribution is -2.57. The van der Waals surface area contributed by atoms with Crippen LogP contribution in [0.2, 0.25) is 0 Å². The maximum atomic E-state index is 13.0. The van der Waals surface area contributed by atoms with Crippen molar-refractivity contribution in [3.63, 3.8) is 0 Å². The van der Waals surface area contributed by atoms with Crippen LogP contribution in [0.4, 0.5) is 5.69 Å². The largest absolute Gasteiger partial charge is 0.479 e. The molecule has 0 spiro atoms. The minimum atomic E-state index is -0.290. The normalized spacial score (nSPS) is 36.2. The fraction of sp³-hybridized carbons (Fsp3) is 0.579. The van der Waals surface area contributed by atoms with Gasteiger partial charge in [0.05, 0.1) is 5.41 Å². The molecule has 4 nitrogen and oxygen atoms in total. The van der Waals surface area contributed by atoms with Crippen molar-refractivity contribution < 1.29 is 9.53 Å². The first-order chi connectivity index (χ1) is 11.5. The number of rotatable bonds is 4. The number of halogens is 1. The second kappa shape index (κ2) is 5.67. The average molecular weight is 345 g/mol. The van der Waals surface area contributed by atoms with Crippen LogP contribution in [0.5, 0.6) is 5.75 Å². The van der Waals surface area contributed by atoms with Gasteiger partial charge < -0.3 is 10.1 Å². The topological polar surface area (TPSA) is 62.1 Å². The van der Waals surface area contributed by atoms with Crippen LogP contribution in [0, 0.1) is 28.6 Å². The Morgan fingerprint density at radius 2 is 1.92 bits per heavy atom. The van der Waals surface area contributed by atoms with E-state index in [0.29, 0.717) is 17.6 Å². The van der Waals surface area contributed by atoms with E-state index in [1.807, 2.05) is 18.2 Å². The van der Waals surface area contributed by atoms with Crippen molar-refractivity contribution in [1.82, 2.24) is 0 Å². The molecule has 2 unspecified atom stereocenters. The molecule has 126 valence electrons. The predicted molar refractivity (Wildman–Crippen MR) is 91.9 cm³/mol. The maximum Gasteiger partial charge on any atom is 0.230 e. The van der Waals surface area contributed by atoms with Gasteiger partial charge in [0.2, 0.25) is 5.91 Å². The number of nitrogens with zero attached hydrogens (tertiary/aromatic N) is 1. The first-order valence-corrected chi connectivity index (χ1v) is 8.98. The van der Waals surface area contributed by atoms with E-state index in [4.69, 9.17) is 21.6 Å². The van der Waals surface area contributed by atoms with Gasteiger partial charge in [-0.05, 0) is 74.6 Å². The van der Waals surface area contributed by atoms with Crippen LogP contribution in [-0.2, 0) is 4.79 Å². The summed E-state index contributed by atoms with van der Waals surface area (Å²) in [6, 6.07) is 9.13. The summed E-state index contributed by atoms with van der Waals surface area (Å²) in [6.45, 7) is 0.0232. The molecular formula is C19H21ClN2O2. The highest BCUT2D eigenvalue weighted by atomic mass is 35.5. The van der Waals surface area contributed by atoms with E-state index in [9.17, 15) is 4.79 Å². The van der Waals surface area contributed by atoms with Crippen LogP contribution < -0.4 is 10.1 Å². The first kappa shape index (κ1) is 15.8. The van der Waals surface area contributed by atoms with E-state index < -0.39 is 0 Å². The molecule has 4 fully saturated rings. The Morgan fingerprint density at radius 1 is 1.25 bits per heavy atom. The summed E-state index contributed by atoms with van der Waals surface area (Å²) in [4.78, 5) is 12.9. The monoisotopic (exact) mass is 344 g/mol. The van der Waals surface area contributed by atoms with Gasteiger partial charge in [0.1, 0.15) is 11.8 Å². The lowest BCUT2D eigenvalue weighted by atomic mass is 9.49. The van der Waals surface area contributed by atoms with Crippen LogP contribution in [-0.4, -0.2) is 17.4 Å². The molecule has 4 aliphatic rings. The zero-order valence-electron chi connectivity index (χ0n) is 13.6. The van der Waals surface area contributed by atoms with Gasteiger partial charge in [0.25, 0.3) is 0 Å². The molecular weight excluding hydrogens is 324 g/mol. The van der Waals surface area contributed by atoms with E-state index in [1.165, 1.54) is 6.42 Å². The molecule has 4 saturated carbocycles. The number of hydrogen-bond acceptors (Lipinski definition) is 3. The van der Waals surface area contributed by atoms with Gasteiger partial charge in [-0.3, -0.25) is 4.79 Å². The third kappa shape index (κ3) is 2.75. The highest BCUT2D eigenvalue weighted by Crippen LogP contribution is 2.64. The van der Waals surface area contributed by atoms with Crippen LogP contribution in [0.15, 0.2) is 24.3 Å². The zero-order chi connectivity index (χ0) is 16.8. The number of amides is 1. The summed E-state index contributed by atoms with van der Waals surface area (Å²) < 4.78 is 5.24. The quantitative estimate of drug-likeness (QED) is 0.836. The van der Waals surface area contributed by atoms with Gasteiger partial charge in [0.15, 0.2) is 6.61 Å². The fourth-order valence-electron chi connectivity index (χ4n) is 5.43. The third-order valence-corrected chi connectivity index (χ3v) is 6.33. The molecule has 4 atom stereocenters. The number of carbonyl (C=O) groups is 1. The maximum absolute atomic E-state index is 13.0. The minimum Gasteiger partial charge on any atom is -0.479 e. The molecule has 0 aromatic heterocycles. The van der Waals surface area contributed by atoms with E-state index in [0.717, 1.165) is 37.8 Å². The molecule has 0 aliphatic heterocycles. The number of nitriles is 1. The molecule has 4 bridgehead atoms. The summed E-state index contributed by atoms with van der Waals surface area (Å²) in [5.41, 5.74) is 0.477. The van der Waals surface area contributed by atoms with Crippen molar-refractivity contribution >= 4 is 23.2 Å². The Kier molecular flexibility index (Phi) is 3.73. The van der Waals surface area contributed by atoms with Crippen molar-refractivity contribution in [3.8, 4) is 11.8 Å². The number of anilines is 1. The van der Waals surface area contributed by atoms with Gasteiger partial charge in [-0.2, -0.15) is 5.26 Å². The Balaban J connectivity index is 1.47. The number of benzene rings is 1. The zero-order valence-corrected chi connectivity index (χ0v) is 14.3. The Morgan fingerprint density at radius 3 is 2.50 bits per heavy atom. The second-order valence-corrected chi connectivity index (χ2v) is 8.62. The summed E-state index contributed by atoms with van der Waals surface area (Å²) in [5.74, 6) is 1.96. The van der Waals surface area contributed by atoms with Crippen molar-refractivity contribution in [2.75, 3.05) is 11.9 Å². The lowest BCUT2D eigenvalue weighted by Gasteiger charge is -2.59. The molecule has 0 saturated heterocycles. The molecule has 1 N–H and O–H groups in total. The van der Waals surface area contributed by atoms with Gasteiger partial charge >= 0.3 is 0 Å². The average Bonchev–Trinajstić information content (AvgIpc) is 2.52. The van der Waals surface area contributed by atoms with Crippen LogP contribution in [0.25, 0.3) is 0 Å². The van der Waals surface area contributed by atoms with E-state index >= 15 is 0 Å². The molecule has 1 amide bonds. The molecule has 5 rings (SSSR count). The number of carbonyl (C=O) groups excluding carboxylic acids is 1. The van der Waals surface area contributed by atoms with Crippen molar-refractivity contribution in [2.24, 2.45) is 17.3 Å². The number of nitrogens with one attached hydrogen (secondary N) is 1. The highest BCUT2D eigenvalue weighted by Gasteiger charge is 2.60. The Hall–Kier alpha value is -1.73. The first-order valence-electron chi connectivity index (χ1n) is 8.61. The summed E-state index contributed by atoms with van der Waals surface area (Å²) in [6.07, 6.45) is 6.16. The Labute approximate surface area is 147 Å². The molecule has 0 heterocycles. The van der Waals surface area contributed by atoms with Crippen LogP contribution in [0.3, 0.4) is 0 Å². The standard InChI is InChI=1S/C19H21ClN2O2/c20-19-10-13-7-14(11-19)9-18(8-13,12-19)17(23)22-15-1-3-16(4-2-15)24-6-5-21/h1-4,13-14H,6-12H2,(H,22,23)/t13-,14+,18?,19?. The second-order valence-electron chi connectivity index (χ2n) is 7.82. The molecule has 1 aromatic rings. The highest BCUT2D eigenvalue weighted by molar-refractivity contribution is 6.24. The van der Waals surface area contributed by atoms with E-state index in [2.05, 4.69) is 5.32 Å². The lowest BCUT2D eigenvalue weighted by molar-refractivity contribution is -0.138. The van der Waals surface area contributed by atoms with E-state index in [-0.39, 0.29) is 22.8 Å². The predicted octanol–water partition coefficient (Wildman–Crippen LogP) is 4.11. The van der Waals surface area contributed by atoms with Crippen molar-refractivity contribution in [3.05, 3.63) is 24.3 Å². The summed E-state index contributed by atoms with van der Waals surface area (Å²) in [7, 11) is 0. The number of alkyl halides is 1. The molecule has 24 heavy (non-hydrogen) atoms. The van der Waals surface area contributed by atoms with Crippen LogP contribution >= 0.6 is 11.6 Å². The van der Waals surface area contributed by atoms with Crippen molar-refractivity contribution in [1.29, 1.82) is 5.26 Å². The van der Waals surface area contributed by atoms with Gasteiger partial charge in [-0.1, -0.05) is 0 Å². The SMILES string of the molecule is N#CCOc1ccc(NC(=O)C23C[C@@H]4C[C@@H](CC(Cl)(C4)C2)C3)cc1. The Bertz CT molecular complexity index is 680. The van der Waals surface area contributed by atoms with Crippen LogP contribution in [0.1, 0.15) is 38.5 Å². The van der Waals surface area contributed by atoms with E-state index in [1.54, 1.807) is 12.1 Å².